The molecular weight excluding hydrogens is 214 g/mol. The third kappa shape index (κ3) is 1.88. The molecule has 1 aromatic rings. The molecule has 2 saturated carbocycles. The molecule has 2 aliphatic rings. The zero-order valence-corrected chi connectivity index (χ0v) is 10.6. The van der Waals surface area contributed by atoms with E-state index in [9.17, 15) is 0 Å². The molecule has 0 radical (unpaired) electrons. The number of hydrogen-bond donors (Lipinski definition) is 1. The van der Waals surface area contributed by atoms with Crippen molar-refractivity contribution in [3.05, 3.63) is 11.7 Å². The lowest BCUT2D eigenvalue weighted by molar-refractivity contribution is 0.358. The normalized spacial score (nSPS) is 33.5. The third-order valence-corrected chi connectivity index (χ3v) is 4.42. The minimum Gasteiger partial charge on any atom is -0.339 e. The molecule has 0 aliphatic heterocycles. The van der Waals surface area contributed by atoms with Crippen LogP contribution in [-0.2, 0) is 0 Å². The molecule has 1 heterocycles. The van der Waals surface area contributed by atoms with Crippen molar-refractivity contribution in [1.29, 1.82) is 0 Å². The van der Waals surface area contributed by atoms with Crippen molar-refractivity contribution in [1.82, 2.24) is 10.1 Å². The third-order valence-electron chi connectivity index (χ3n) is 4.42. The summed E-state index contributed by atoms with van der Waals surface area (Å²) >= 11 is 0. The molecule has 0 saturated heterocycles. The Balaban J connectivity index is 1.73. The first kappa shape index (κ1) is 11.2. The highest BCUT2D eigenvalue weighted by atomic mass is 16.5. The summed E-state index contributed by atoms with van der Waals surface area (Å²) in [6.45, 7) is 4.16. The second kappa shape index (κ2) is 4.09. The van der Waals surface area contributed by atoms with Gasteiger partial charge in [0, 0.05) is 5.92 Å². The van der Waals surface area contributed by atoms with Crippen LogP contribution in [0.15, 0.2) is 4.52 Å². The maximum Gasteiger partial charge on any atom is 0.230 e. The molecule has 0 bridgehead atoms. The van der Waals surface area contributed by atoms with E-state index in [0.29, 0.717) is 17.7 Å². The largest absolute Gasteiger partial charge is 0.339 e. The van der Waals surface area contributed by atoms with Crippen LogP contribution in [0.5, 0.6) is 0 Å². The maximum atomic E-state index is 6.03. The van der Waals surface area contributed by atoms with Gasteiger partial charge in [0.05, 0.1) is 6.04 Å². The van der Waals surface area contributed by atoms with Crippen LogP contribution in [0.2, 0.25) is 0 Å². The van der Waals surface area contributed by atoms with Crippen LogP contribution in [0.4, 0.5) is 0 Å². The average Bonchev–Trinajstić information content (AvgIpc) is 2.86. The molecule has 2 fully saturated rings. The van der Waals surface area contributed by atoms with Crippen molar-refractivity contribution in [2.24, 2.45) is 23.5 Å². The Kier molecular flexibility index (Phi) is 2.69. The Labute approximate surface area is 102 Å². The van der Waals surface area contributed by atoms with Gasteiger partial charge < -0.3 is 10.3 Å². The van der Waals surface area contributed by atoms with Crippen molar-refractivity contribution in [3.63, 3.8) is 0 Å². The van der Waals surface area contributed by atoms with Gasteiger partial charge in [0.2, 0.25) is 5.89 Å². The number of rotatable bonds is 3. The minimum absolute atomic E-state index is 0.103. The number of hydrogen-bond acceptors (Lipinski definition) is 4. The summed E-state index contributed by atoms with van der Waals surface area (Å²) in [7, 11) is 0. The predicted octanol–water partition coefficient (Wildman–Crippen LogP) is 2.63. The SMILES string of the molecule is CC(C)C(N)c1noc(C2C3CCCCC32)n1. The highest BCUT2D eigenvalue weighted by Gasteiger charge is 2.54. The number of fused-ring (bicyclic) bond motifs is 1. The van der Waals surface area contributed by atoms with Crippen molar-refractivity contribution in [2.45, 2.75) is 51.5 Å². The lowest BCUT2D eigenvalue weighted by atomic mass is 10.0. The van der Waals surface area contributed by atoms with Gasteiger partial charge in [-0.3, -0.25) is 0 Å². The average molecular weight is 235 g/mol. The van der Waals surface area contributed by atoms with Crippen LogP contribution in [0.3, 0.4) is 0 Å². The monoisotopic (exact) mass is 235 g/mol. The van der Waals surface area contributed by atoms with Gasteiger partial charge >= 0.3 is 0 Å². The lowest BCUT2D eigenvalue weighted by Gasteiger charge is -2.09. The van der Waals surface area contributed by atoms with Gasteiger partial charge in [0.25, 0.3) is 0 Å². The Morgan fingerprint density at radius 3 is 2.47 bits per heavy atom. The highest BCUT2D eigenvalue weighted by Crippen LogP contribution is 2.60. The fourth-order valence-corrected chi connectivity index (χ4v) is 3.17. The summed E-state index contributed by atoms with van der Waals surface area (Å²) in [6, 6.07) is -0.103. The summed E-state index contributed by atoms with van der Waals surface area (Å²) < 4.78 is 5.41. The Morgan fingerprint density at radius 2 is 1.88 bits per heavy atom. The fraction of sp³-hybridized carbons (Fsp3) is 0.846. The van der Waals surface area contributed by atoms with Gasteiger partial charge in [0.15, 0.2) is 5.82 Å². The summed E-state index contributed by atoms with van der Waals surface area (Å²) in [5, 5.41) is 4.05. The van der Waals surface area contributed by atoms with Crippen LogP contribution >= 0.6 is 0 Å². The van der Waals surface area contributed by atoms with Crippen molar-refractivity contribution >= 4 is 0 Å². The summed E-state index contributed by atoms with van der Waals surface area (Å²) in [5.41, 5.74) is 6.03. The number of aromatic nitrogens is 2. The Hall–Kier alpha value is -0.900. The predicted molar refractivity (Wildman–Crippen MR) is 64.3 cm³/mol. The summed E-state index contributed by atoms with van der Waals surface area (Å²) in [5.74, 6) is 4.03. The van der Waals surface area contributed by atoms with Gasteiger partial charge in [-0.05, 0) is 30.6 Å². The molecule has 17 heavy (non-hydrogen) atoms. The number of nitrogens with two attached hydrogens (primary N) is 1. The maximum absolute atomic E-state index is 6.03. The van der Waals surface area contributed by atoms with Gasteiger partial charge in [-0.15, -0.1) is 0 Å². The second-order valence-corrected chi connectivity index (χ2v) is 5.90. The Morgan fingerprint density at radius 1 is 1.24 bits per heavy atom. The topological polar surface area (TPSA) is 64.9 Å². The van der Waals surface area contributed by atoms with Gasteiger partial charge in [-0.25, -0.2) is 0 Å². The molecule has 3 unspecified atom stereocenters. The van der Waals surface area contributed by atoms with Gasteiger partial charge in [-0.2, -0.15) is 4.98 Å². The zero-order valence-electron chi connectivity index (χ0n) is 10.6. The quantitative estimate of drug-likeness (QED) is 0.874. The zero-order chi connectivity index (χ0) is 12.0. The van der Waals surface area contributed by atoms with E-state index < -0.39 is 0 Å². The van der Waals surface area contributed by atoms with Crippen LogP contribution in [0.25, 0.3) is 0 Å². The molecule has 3 atom stereocenters. The molecule has 94 valence electrons. The van der Waals surface area contributed by atoms with E-state index in [1.165, 1.54) is 25.7 Å². The molecule has 4 nitrogen and oxygen atoms in total. The number of nitrogens with zero attached hydrogens (tertiary/aromatic N) is 2. The van der Waals surface area contributed by atoms with E-state index in [1.807, 2.05) is 0 Å². The first-order chi connectivity index (χ1) is 8.18. The molecule has 2 aliphatic carbocycles. The fourth-order valence-electron chi connectivity index (χ4n) is 3.17. The minimum atomic E-state index is -0.103. The Bertz CT molecular complexity index is 389. The van der Waals surface area contributed by atoms with E-state index in [4.69, 9.17) is 10.3 Å². The highest BCUT2D eigenvalue weighted by molar-refractivity contribution is 5.15. The van der Waals surface area contributed by atoms with Crippen LogP contribution in [-0.4, -0.2) is 10.1 Å². The van der Waals surface area contributed by atoms with Crippen LogP contribution < -0.4 is 5.73 Å². The van der Waals surface area contributed by atoms with E-state index >= 15 is 0 Å². The lowest BCUT2D eigenvalue weighted by Crippen LogP contribution is -2.18. The van der Waals surface area contributed by atoms with Crippen LogP contribution in [0, 0.1) is 17.8 Å². The van der Waals surface area contributed by atoms with Crippen molar-refractivity contribution in [3.8, 4) is 0 Å². The molecule has 0 amide bonds. The van der Waals surface area contributed by atoms with E-state index in [1.54, 1.807) is 0 Å². The molecule has 0 aromatic carbocycles. The van der Waals surface area contributed by atoms with Gasteiger partial charge in [-0.1, -0.05) is 31.8 Å². The first-order valence-electron chi connectivity index (χ1n) is 6.77. The second-order valence-electron chi connectivity index (χ2n) is 5.90. The molecule has 2 N–H and O–H groups in total. The summed E-state index contributed by atoms with van der Waals surface area (Å²) in [4.78, 5) is 4.51. The van der Waals surface area contributed by atoms with E-state index in [0.717, 1.165) is 17.7 Å². The molecular formula is C13H21N3O. The molecule has 4 heteroatoms. The molecule has 3 rings (SSSR count). The van der Waals surface area contributed by atoms with E-state index in [-0.39, 0.29) is 6.04 Å². The van der Waals surface area contributed by atoms with E-state index in [2.05, 4.69) is 24.0 Å². The van der Waals surface area contributed by atoms with Gasteiger partial charge in [0.1, 0.15) is 0 Å². The molecule has 0 spiro atoms. The van der Waals surface area contributed by atoms with Crippen molar-refractivity contribution in [2.75, 3.05) is 0 Å². The smallest absolute Gasteiger partial charge is 0.230 e. The van der Waals surface area contributed by atoms with Crippen LogP contribution in [0.1, 0.15) is 63.2 Å². The first-order valence-corrected chi connectivity index (χ1v) is 6.77. The summed E-state index contributed by atoms with van der Waals surface area (Å²) in [6.07, 6.45) is 5.40. The van der Waals surface area contributed by atoms with Crippen molar-refractivity contribution < 1.29 is 4.52 Å². The molecule has 1 aromatic heterocycles. The standard InChI is InChI=1S/C13H21N3O/c1-7(2)11(14)12-15-13(17-16-12)10-8-5-3-4-6-9(8)10/h7-11H,3-6,14H2,1-2H3.